The molecule has 0 saturated heterocycles. The Balaban J connectivity index is 1.98. The van der Waals surface area contributed by atoms with Gasteiger partial charge in [-0.05, 0) is 35.6 Å². The van der Waals surface area contributed by atoms with E-state index in [1.165, 1.54) is 24.3 Å². The largest absolute Gasteiger partial charge is 0.480 e. The fraction of sp³-hybridized carbons (Fsp3) is 0.348. The van der Waals surface area contributed by atoms with Gasteiger partial charge in [0.15, 0.2) is 0 Å². The second-order valence-corrected chi connectivity index (χ2v) is 7.92. The van der Waals surface area contributed by atoms with Crippen LogP contribution in [0, 0.1) is 16.0 Å². The smallest absolute Gasteiger partial charge is 0.408 e. The molecule has 0 spiro atoms. The summed E-state index contributed by atoms with van der Waals surface area (Å²) in [6.07, 6.45) is -0.485. The van der Waals surface area contributed by atoms with Crippen molar-refractivity contribution in [3.05, 3.63) is 75.8 Å². The van der Waals surface area contributed by atoms with E-state index in [1.54, 1.807) is 24.3 Å². The van der Waals surface area contributed by atoms with Crippen LogP contribution < -0.4 is 10.6 Å². The van der Waals surface area contributed by atoms with E-state index in [0.717, 1.165) is 5.56 Å². The van der Waals surface area contributed by atoms with Gasteiger partial charge in [-0.1, -0.05) is 44.2 Å². The molecule has 2 rings (SSSR count). The number of benzene rings is 2. The Morgan fingerprint density at radius 3 is 2.15 bits per heavy atom. The maximum atomic E-state index is 12.8. The summed E-state index contributed by atoms with van der Waals surface area (Å²) in [6.45, 7) is 3.58. The summed E-state index contributed by atoms with van der Waals surface area (Å²) < 4.78 is 5.12. The lowest BCUT2D eigenvalue weighted by Gasteiger charge is -2.22. The first-order valence-corrected chi connectivity index (χ1v) is 10.4. The molecular weight excluding hydrogens is 430 g/mol. The molecule has 0 heterocycles. The molecule has 2 atom stereocenters. The van der Waals surface area contributed by atoms with Crippen LogP contribution in [0.4, 0.5) is 10.5 Å². The number of carboxylic acids is 1. The number of rotatable bonds is 11. The molecule has 10 nitrogen and oxygen atoms in total. The summed E-state index contributed by atoms with van der Waals surface area (Å²) in [5, 5.41) is 25.2. The number of aliphatic carboxylic acids is 1. The molecule has 176 valence electrons. The highest BCUT2D eigenvalue weighted by atomic mass is 16.6. The fourth-order valence-electron chi connectivity index (χ4n) is 3.07. The van der Waals surface area contributed by atoms with Crippen molar-refractivity contribution in [3.8, 4) is 0 Å². The highest BCUT2D eigenvalue weighted by Gasteiger charge is 2.27. The molecule has 2 aromatic rings. The SMILES string of the molecule is CC(C)C[C@H](NC(=O)OCc1ccc([N+](=O)[O-])cc1)C(=O)N[C@@H](Cc1ccccc1)C(=O)O. The zero-order valence-corrected chi connectivity index (χ0v) is 18.4. The van der Waals surface area contributed by atoms with Gasteiger partial charge in [-0.15, -0.1) is 0 Å². The second kappa shape index (κ2) is 12.2. The molecule has 0 unspecified atom stereocenters. The molecular formula is C23H27N3O7. The molecule has 0 radical (unpaired) electrons. The van der Waals surface area contributed by atoms with E-state index in [1.807, 2.05) is 19.9 Å². The van der Waals surface area contributed by atoms with Gasteiger partial charge in [-0.25, -0.2) is 9.59 Å². The third-order valence-corrected chi connectivity index (χ3v) is 4.73. The third kappa shape index (κ3) is 8.60. The first kappa shape index (κ1) is 25.3. The van der Waals surface area contributed by atoms with Gasteiger partial charge in [0.25, 0.3) is 5.69 Å². The minimum Gasteiger partial charge on any atom is -0.480 e. The number of nitrogens with one attached hydrogen (secondary N) is 2. The number of nitro groups is 1. The topological polar surface area (TPSA) is 148 Å². The van der Waals surface area contributed by atoms with Gasteiger partial charge in [0.1, 0.15) is 18.7 Å². The summed E-state index contributed by atoms with van der Waals surface area (Å²) >= 11 is 0. The Morgan fingerprint density at radius 1 is 0.970 bits per heavy atom. The van der Waals surface area contributed by atoms with Crippen LogP contribution in [0.25, 0.3) is 0 Å². The number of amides is 2. The van der Waals surface area contributed by atoms with Crippen molar-refractivity contribution in [2.24, 2.45) is 5.92 Å². The standard InChI is InChI=1S/C23H27N3O7/c1-15(2)12-19(21(27)24-20(22(28)29)13-16-6-4-3-5-7-16)25-23(30)33-14-17-8-10-18(11-9-17)26(31)32/h3-11,15,19-20H,12-14H2,1-2H3,(H,24,27)(H,25,30)(H,28,29)/t19-,20-/m0/s1. The van der Waals surface area contributed by atoms with Gasteiger partial charge in [-0.3, -0.25) is 14.9 Å². The number of nitrogens with zero attached hydrogens (tertiary/aromatic N) is 1. The number of carboxylic acid groups (broad SMARTS) is 1. The molecule has 2 amide bonds. The minimum absolute atomic E-state index is 0.0353. The molecule has 0 bridgehead atoms. The van der Waals surface area contributed by atoms with Crippen LogP contribution in [-0.2, 0) is 27.4 Å². The Bertz CT molecular complexity index is 962. The number of non-ortho nitro benzene ring substituents is 1. The predicted octanol–water partition coefficient (Wildman–Crippen LogP) is 3.05. The maximum absolute atomic E-state index is 12.8. The van der Waals surface area contributed by atoms with Crippen LogP contribution >= 0.6 is 0 Å². The van der Waals surface area contributed by atoms with E-state index < -0.39 is 35.0 Å². The van der Waals surface area contributed by atoms with Crippen molar-refractivity contribution in [2.45, 2.75) is 45.4 Å². The molecule has 0 aliphatic heterocycles. The van der Waals surface area contributed by atoms with E-state index >= 15 is 0 Å². The number of alkyl carbamates (subject to hydrolysis) is 1. The zero-order chi connectivity index (χ0) is 24.4. The number of carbonyl (C=O) groups excluding carboxylic acids is 2. The number of hydrogen-bond acceptors (Lipinski definition) is 6. The number of nitro benzene ring substituents is 1. The lowest BCUT2D eigenvalue weighted by Crippen LogP contribution is -2.52. The lowest BCUT2D eigenvalue weighted by atomic mass is 10.0. The van der Waals surface area contributed by atoms with Crippen molar-refractivity contribution >= 4 is 23.7 Å². The van der Waals surface area contributed by atoms with Crippen LogP contribution in [0.15, 0.2) is 54.6 Å². The Morgan fingerprint density at radius 2 is 1.61 bits per heavy atom. The fourth-order valence-corrected chi connectivity index (χ4v) is 3.07. The summed E-state index contributed by atoms with van der Waals surface area (Å²) in [7, 11) is 0. The molecule has 0 aromatic heterocycles. The monoisotopic (exact) mass is 457 g/mol. The first-order chi connectivity index (χ1) is 15.7. The highest BCUT2D eigenvalue weighted by Crippen LogP contribution is 2.13. The van der Waals surface area contributed by atoms with Crippen LogP contribution in [0.2, 0.25) is 0 Å². The minimum atomic E-state index is -1.18. The molecule has 10 heteroatoms. The molecule has 0 saturated carbocycles. The lowest BCUT2D eigenvalue weighted by molar-refractivity contribution is -0.384. The van der Waals surface area contributed by atoms with Gasteiger partial charge in [0.05, 0.1) is 4.92 Å². The summed E-state index contributed by atoms with van der Waals surface area (Å²) in [5.41, 5.74) is 1.20. The Hall–Kier alpha value is -3.95. The van der Waals surface area contributed by atoms with Crippen LogP contribution in [0.3, 0.4) is 0 Å². The average Bonchev–Trinajstić information content (AvgIpc) is 2.77. The van der Waals surface area contributed by atoms with E-state index in [2.05, 4.69) is 10.6 Å². The van der Waals surface area contributed by atoms with Gasteiger partial charge < -0.3 is 20.5 Å². The van der Waals surface area contributed by atoms with Crippen molar-refractivity contribution in [1.82, 2.24) is 10.6 Å². The normalized spacial score (nSPS) is 12.5. The van der Waals surface area contributed by atoms with Crippen molar-refractivity contribution < 1.29 is 29.2 Å². The molecule has 0 aliphatic rings. The number of hydrogen-bond donors (Lipinski definition) is 3. The molecule has 3 N–H and O–H groups in total. The third-order valence-electron chi connectivity index (χ3n) is 4.73. The van der Waals surface area contributed by atoms with Crippen molar-refractivity contribution in [3.63, 3.8) is 0 Å². The summed E-state index contributed by atoms with van der Waals surface area (Å²) in [5.74, 6) is -1.77. The van der Waals surface area contributed by atoms with Crippen LogP contribution in [0.5, 0.6) is 0 Å². The predicted molar refractivity (Wildman–Crippen MR) is 119 cm³/mol. The number of ether oxygens (including phenoxy) is 1. The van der Waals surface area contributed by atoms with Gasteiger partial charge in [0, 0.05) is 18.6 Å². The van der Waals surface area contributed by atoms with Gasteiger partial charge in [0.2, 0.25) is 5.91 Å². The van der Waals surface area contributed by atoms with E-state index in [0.29, 0.717) is 5.56 Å². The molecule has 0 fully saturated rings. The van der Waals surface area contributed by atoms with E-state index in [9.17, 15) is 29.6 Å². The first-order valence-electron chi connectivity index (χ1n) is 10.4. The van der Waals surface area contributed by atoms with E-state index in [4.69, 9.17) is 4.74 Å². The average molecular weight is 457 g/mol. The van der Waals surface area contributed by atoms with Crippen LogP contribution in [0.1, 0.15) is 31.4 Å². The van der Waals surface area contributed by atoms with Crippen LogP contribution in [-0.4, -0.2) is 40.1 Å². The highest BCUT2D eigenvalue weighted by molar-refractivity contribution is 5.89. The van der Waals surface area contributed by atoms with Crippen molar-refractivity contribution in [1.29, 1.82) is 0 Å². The zero-order valence-electron chi connectivity index (χ0n) is 18.4. The number of carbonyl (C=O) groups is 3. The maximum Gasteiger partial charge on any atom is 0.408 e. The molecule has 0 aliphatic carbocycles. The summed E-state index contributed by atoms with van der Waals surface area (Å²) in [4.78, 5) is 46.9. The Kier molecular flexibility index (Phi) is 9.34. The molecule has 33 heavy (non-hydrogen) atoms. The Labute approximate surface area is 191 Å². The van der Waals surface area contributed by atoms with Gasteiger partial charge >= 0.3 is 12.1 Å². The molecule has 2 aromatic carbocycles. The quantitative estimate of drug-likeness (QED) is 0.347. The second-order valence-electron chi connectivity index (χ2n) is 7.92. The van der Waals surface area contributed by atoms with Crippen molar-refractivity contribution in [2.75, 3.05) is 0 Å². The van der Waals surface area contributed by atoms with Gasteiger partial charge in [-0.2, -0.15) is 0 Å². The van der Waals surface area contributed by atoms with E-state index in [-0.39, 0.29) is 31.1 Å². The summed E-state index contributed by atoms with van der Waals surface area (Å²) in [6, 6.07) is 12.3.